The van der Waals surface area contributed by atoms with E-state index in [0.29, 0.717) is 39.4 Å². The van der Waals surface area contributed by atoms with E-state index in [4.69, 9.17) is 9.73 Å². The maximum Gasteiger partial charge on any atom is 0.271 e. The van der Waals surface area contributed by atoms with Crippen LogP contribution in [0.15, 0.2) is 63.5 Å². The highest BCUT2D eigenvalue weighted by molar-refractivity contribution is 7.15. The van der Waals surface area contributed by atoms with Gasteiger partial charge in [0.25, 0.3) is 11.5 Å². The number of likely N-dealkylation sites (N-methyl/N-ethyl adjacent to an activating group) is 1. The van der Waals surface area contributed by atoms with Crippen molar-refractivity contribution in [2.75, 3.05) is 20.2 Å². The number of benzene rings is 2. The van der Waals surface area contributed by atoms with Crippen LogP contribution >= 0.6 is 22.7 Å². The Balaban J connectivity index is 1.45. The first kappa shape index (κ1) is 32.8. The van der Waals surface area contributed by atoms with Crippen molar-refractivity contribution in [1.82, 2.24) is 14.0 Å². The average Bonchev–Trinajstić information content (AvgIpc) is 3.72. The Bertz CT molecular complexity index is 2410. The van der Waals surface area contributed by atoms with Gasteiger partial charge in [-0.05, 0) is 100 Å². The lowest BCUT2D eigenvalue weighted by Gasteiger charge is -2.30. The van der Waals surface area contributed by atoms with Gasteiger partial charge in [-0.25, -0.2) is 4.99 Å². The first-order chi connectivity index (χ1) is 23.7. The molecule has 1 atom stereocenters. The minimum Gasteiger partial charge on any atom is -0.496 e. The SMILES string of the molecule is CCN(CC)C(=O)C1=C(C)N=c2s/c(=C/c3cc(C)n(-c4sc5c(c4C#N)CCCC5)c3C)c(=O)n2[C@H]1c1c(OC)ccc2ccccc12. The maximum absolute atomic E-state index is 14.7. The summed E-state index contributed by atoms with van der Waals surface area (Å²) in [5.41, 5.74) is 6.48. The minimum absolute atomic E-state index is 0.143. The number of thiazole rings is 1. The molecule has 0 fully saturated rings. The number of fused-ring (bicyclic) bond motifs is 3. The third kappa shape index (κ3) is 5.27. The van der Waals surface area contributed by atoms with Gasteiger partial charge >= 0.3 is 0 Å². The van der Waals surface area contributed by atoms with Crippen LogP contribution in [0.4, 0.5) is 0 Å². The standard InChI is InChI=1S/C39H39N5O3S2/c1-7-42(8-2)37(46)33-23(4)41-39-44(35(33)34-27-14-10-9-13-25(27)17-18-30(34)47-6)36(45)32(49-39)20-26-19-22(3)43(24(26)5)38-29(21-40)28-15-11-12-16-31(28)48-38/h9-10,13-14,17-20,35H,7-8,11-12,15-16H2,1-6H3/b32-20+/t35-/m1/s1. The van der Waals surface area contributed by atoms with Gasteiger partial charge in [0.15, 0.2) is 4.80 Å². The van der Waals surface area contributed by atoms with Crippen LogP contribution in [0, 0.1) is 25.2 Å². The number of aryl methyl sites for hydroxylation is 2. The van der Waals surface area contributed by atoms with Crippen molar-refractivity contribution in [1.29, 1.82) is 5.26 Å². The molecule has 1 amide bonds. The molecule has 1 aliphatic carbocycles. The molecule has 2 aromatic carbocycles. The fourth-order valence-corrected chi connectivity index (χ4v) is 9.98. The second kappa shape index (κ2) is 13.0. The summed E-state index contributed by atoms with van der Waals surface area (Å²) in [7, 11) is 1.62. The molecule has 0 radical (unpaired) electrons. The Hall–Kier alpha value is -4.72. The minimum atomic E-state index is -0.740. The number of ether oxygens (including phenoxy) is 1. The van der Waals surface area contributed by atoms with Crippen LogP contribution in [-0.4, -0.2) is 40.1 Å². The van der Waals surface area contributed by atoms with Crippen molar-refractivity contribution in [2.24, 2.45) is 4.99 Å². The van der Waals surface area contributed by atoms with E-state index in [-0.39, 0.29) is 11.5 Å². The molecule has 10 heteroatoms. The summed E-state index contributed by atoms with van der Waals surface area (Å²) in [6, 6.07) is 15.8. The molecular formula is C39H39N5O3S2. The van der Waals surface area contributed by atoms with E-state index in [1.54, 1.807) is 27.9 Å². The smallest absolute Gasteiger partial charge is 0.271 e. The molecule has 0 N–H and O–H groups in total. The van der Waals surface area contributed by atoms with Gasteiger partial charge < -0.3 is 14.2 Å². The Morgan fingerprint density at radius 3 is 2.59 bits per heavy atom. The molecule has 8 nitrogen and oxygen atoms in total. The number of amides is 1. The van der Waals surface area contributed by atoms with Crippen LogP contribution in [0.1, 0.15) is 78.2 Å². The zero-order valence-corrected chi connectivity index (χ0v) is 30.3. The summed E-state index contributed by atoms with van der Waals surface area (Å²) < 4.78 is 10.3. The molecule has 0 saturated heterocycles. The number of allylic oxidation sites excluding steroid dienone is 1. The Kier molecular flexibility index (Phi) is 8.67. The van der Waals surface area contributed by atoms with E-state index < -0.39 is 6.04 Å². The largest absolute Gasteiger partial charge is 0.496 e. The number of nitriles is 1. The summed E-state index contributed by atoms with van der Waals surface area (Å²) in [5, 5.41) is 13.1. The van der Waals surface area contributed by atoms with Crippen molar-refractivity contribution in [3.8, 4) is 16.8 Å². The third-order valence-electron chi connectivity index (χ3n) is 9.95. The molecule has 49 heavy (non-hydrogen) atoms. The molecule has 5 aromatic rings. The highest BCUT2D eigenvalue weighted by Crippen LogP contribution is 2.41. The van der Waals surface area contributed by atoms with E-state index in [2.05, 4.69) is 16.7 Å². The van der Waals surface area contributed by atoms with Crippen LogP contribution < -0.4 is 19.6 Å². The lowest BCUT2D eigenvalue weighted by atomic mass is 9.90. The average molecular weight is 690 g/mol. The highest BCUT2D eigenvalue weighted by atomic mass is 32.1. The van der Waals surface area contributed by atoms with Crippen LogP contribution in [0.2, 0.25) is 0 Å². The van der Waals surface area contributed by atoms with E-state index in [1.807, 2.05) is 77.1 Å². The number of aromatic nitrogens is 2. The number of methoxy groups -OCH3 is 1. The number of thiophene rings is 1. The molecule has 0 spiro atoms. The van der Waals surface area contributed by atoms with E-state index in [9.17, 15) is 14.9 Å². The number of nitrogens with zero attached hydrogens (tertiary/aromatic N) is 5. The van der Waals surface area contributed by atoms with E-state index in [0.717, 1.165) is 69.5 Å². The van der Waals surface area contributed by atoms with Crippen LogP contribution in [0.25, 0.3) is 21.8 Å². The van der Waals surface area contributed by atoms with E-state index in [1.165, 1.54) is 21.8 Å². The maximum atomic E-state index is 14.7. The molecule has 0 unspecified atom stereocenters. The predicted molar refractivity (Wildman–Crippen MR) is 197 cm³/mol. The van der Waals surface area contributed by atoms with E-state index >= 15 is 0 Å². The zero-order valence-electron chi connectivity index (χ0n) is 28.7. The first-order valence-corrected chi connectivity index (χ1v) is 18.5. The van der Waals surface area contributed by atoms with Gasteiger partial charge in [0.1, 0.15) is 22.9 Å². The fraction of sp³-hybridized carbons (Fsp3) is 0.333. The third-order valence-corrected chi connectivity index (χ3v) is 12.2. The molecule has 2 aliphatic rings. The Labute approximate surface area is 293 Å². The first-order valence-electron chi connectivity index (χ1n) is 16.8. The summed E-state index contributed by atoms with van der Waals surface area (Å²) in [6.07, 6.45) is 6.16. The number of carbonyl (C=O) groups excluding carboxylic acids is 1. The second-order valence-corrected chi connectivity index (χ2v) is 14.7. The second-order valence-electron chi connectivity index (χ2n) is 12.6. The monoisotopic (exact) mass is 689 g/mol. The van der Waals surface area contributed by atoms with Crippen molar-refractivity contribution in [3.63, 3.8) is 0 Å². The highest BCUT2D eigenvalue weighted by Gasteiger charge is 2.37. The molecular weight excluding hydrogens is 651 g/mol. The van der Waals surface area contributed by atoms with Crippen molar-refractivity contribution < 1.29 is 9.53 Å². The summed E-state index contributed by atoms with van der Waals surface area (Å²) in [5.74, 6) is 0.462. The molecule has 0 bridgehead atoms. The number of hydrogen-bond donors (Lipinski definition) is 0. The summed E-state index contributed by atoms with van der Waals surface area (Å²) >= 11 is 3.05. The number of rotatable bonds is 7. The fourth-order valence-electron chi connectivity index (χ4n) is 7.50. The Morgan fingerprint density at radius 2 is 1.86 bits per heavy atom. The van der Waals surface area contributed by atoms with Gasteiger partial charge in [-0.2, -0.15) is 5.26 Å². The lowest BCUT2D eigenvalue weighted by Crippen LogP contribution is -2.43. The molecule has 7 rings (SSSR count). The van der Waals surface area contributed by atoms with Gasteiger partial charge in [-0.15, -0.1) is 11.3 Å². The van der Waals surface area contributed by atoms with Crippen molar-refractivity contribution in [3.05, 3.63) is 112 Å². The predicted octanol–water partition coefficient (Wildman–Crippen LogP) is 6.48. The van der Waals surface area contributed by atoms with Crippen molar-refractivity contribution >= 4 is 45.4 Å². The zero-order chi connectivity index (χ0) is 34.6. The summed E-state index contributed by atoms with van der Waals surface area (Å²) in [4.78, 5) is 37.5. The number of carbonyl (C=O) groups is 1. The summed E-state index contributed by atoms with van der Waals surface area (Å²) in [6.45, 7) is 10.9. The molecule has 0 saturated carbocycles. The molecule has 3 aromatic heterocycles. The lowest BCUT2D eigenvalue weighted by molar-refractivity contribution is -0.127. The Morgan fingerprint density at radius 1 is 1.10 bits per heavy atom. The molecule has 4 heterocycles. The number of hydrogen-bond acceptors (Lipinski definition) is 7. The topological polar surface area (TPSA) is 92.6 Å². The van der Waals surface area contributed by atoms with Crippen LogP contribution in [0.3, 0.4) is 0 Å². The quantitative estimate of drug-likeness (QED) is 0.196. The van der Waals surface area contributed by atoms with Crippen LogP contribution in [0.5, 0.6) is 5.75 Å². The van der Waals surface area contributed by atoms with Gasteiger partial charge in [-0.3, -0.25) is 14.2 Å². The van der Waals surface area contributed by atoms with Gasteiger partial charge in [0, 0.05) is 34.9 Å². The van der Waals surface area contributed by atoms with Gasteiger partial charge in [0.2, 0.25) is 0 Å². The van der Waals surface area contributed by atoms with Gasteiger partial charge in [-0.1, -0.05) is 41.7 Å². The molecule has 1 aliphatic heterocycles. The van der Waals surface area contributed by atoms with Crippen molar-refractivity contribution in [2.45, 2.75) is 66.3 Å². The normalized spacial score (nSPS) is 15.9. The van der Waals surface area contributed by atoms with Crippen LogP contribution in [-0.2, 0) is 17.6 Å². The van der Waals surface area contributed by atoms with Gasteiger partial charge in [0.05, 0.1) is 28.5 Å². The molecule has 250 valence electrons.